The maximum absolute atomic E-state index is 12.4. The van der Waals surface area contributed by atoms with Crippen LogP contribution in [-0.4, -0.2) is 27.8 Å². The van der Waals surface area contributed by atoms with Gasteiger partial charge < -0.3 is 11.1 Å². The molecule has 0 atom stereocenters. The van der Waals surface area contributed by atoms with E-state index in [4.69, 9.17) is 5.73 Å². The number of pyridine rings is 1. The summed E-state index contributed by atoms with van der Waals surface area (Å²) in [4.78, 5) is 46.7. The lowest BCUT2D eigenvalue weighted by molar-refractivity contribution is -0.383. The van der Waals surface area contributed by atoms with Crippen LogP contribution in [-0.2, 0) is 0 Å². The van der Waals surface area contributed by atoms with Crippen molar-refractivity contribution in [2.24, 2.45) is 0 Å². The van der Waals surface area contributed by atoms with Gasteiger partial charge >= 0.3 is 0 Å². The van der Waals surface area contributed by atoms with Crippen molar-refractivity contribution in [3.8, 4) is 5.69 Å². The third-order valence-corrected chi connectivity index (χ3v) is 3.83. The van der Waals surface area contributed by atoms with Crippen LogP contribution in [0.3, 0.4) is 0 Å². The van der Waals surface area contributed by atoms with Crippen LogP contribution in [0, 0.1) is 10.1 Å². The highest BCUT2D eigenvalue weighted by molar-refractivity contribution is 6.23. The molecule has 0 saturated heterocycles. The molecule has 2 aromatic rings. The number of fused-ring (bicyclic) bond motifs is 1. The molecular weight excluding hydrogens is 342 g/mol. The molecule has 0 aliphatic carbocycles. The van der Waals surface area contributed by atoms with E-state index in [1.54, 1.807) is 0 Å². The van der Waals surface area contributed by atoms with Gasteiger partial charge in [0.1, 0.15) is 11.5 Å². The molecule has 132 valence electrons. The van der Waals surface area contributed by atoms with Gasteiger partial charge in [-0.2, -0.15) is 0 Å². The molecule has 10 heteroatoms. The first-order valence-corrected chi connectivity index (χ1v) is 7.40. The number of benzene rings is 1. The number of hydrogen-bond acceptors (Lipinski definition) is 7. The molecular formula is C16H13N5O5. The van der Waals surface area contributed by atoms with Crippen molar-refractivity contribution < 1.29 is 14.5 Å². The van der Waals surface area contributed by atoms with Crippen LogP contribution in [0.2, 0.25) is 0 Å². The van der Waals surface area contributed by atoms with E-state index in [0.717, 1.165) is 16.7 Å². The summed E-state index contributed by atoms with van der Waals surface area (Å²) in [6.07, 6.45) is 1.54. The van der Waals surface area contributed by atoms with Gasteiger partial charge in [-0.05, 0) is 12.1 Å². The molecule has 0 unspecified atom stereocenters. The largest absolute Gasteiger partial charge is 0.384 e. The minimum Gasteiger partial charge on any atom is -0.384 e. The van der Waals surface area contributed by atoms with E-state index in [-0.39, 0.29) is 34.0 Å². The third-order valence-electron chi connectivity index (χ3n) is 3.83. The van der Waals surface area contributed by atoms with Crippen molar-refractivity contribution in [1.29, 1.82) is 0 Å². The second-order valence-electron chi connectivity index (χ2n) is 5.40. The number of aromatic nitrogens is 1. The average molecular weight is 355 g/mol. The molecule has 0 spiro atoms. The molecule has 2 heterocycles. The van der Waals surface area contributed by atoms with E-state index in [1.807, 2.05) is 0 Å². The Labute approximate surface area is 146 Å². The SMILES string of the molecule is C=CCNc1ccc(-n2c(N)c3c(cc2=O)C(=O)NC3=O)cc1[N+](=O)[O-]. The Bertz CT molecular complexity index is 1040. The molecule has 1 aliphatic heterocycles. The predicted octanol–water partition coefficient (Wildman–Crippen LogP) is 0.809. The number of rotatable bonds is 5. The van der Waals surface area contributed by atoms with Crippen LogP contribution in [0.5, 0.6) is 0 Å². The molecule has 0 fully saturated rings. The summed E-state index contributed by atoms with van der Waals surface area (Å²) in [5.41, 5.74) is 5.03. The molecule has 1 aliphatic rings. The monoisotopic (exact) mass is 355 g/mol. The predicted molar refractivity (Wildman–Crippen MR) is 93.6 cm³/mol. The lowest BCUT2D eigenvalue weighted by atomic mass is 10.1. The molecule has 2 amide bonds. The van der Waals surface area contributed by atoms with Crippen molar-refractivity contribution in [3.05, 3.63) is 68.5 Å². The fourth-order valence-electron chi connectivity index (χ4n) is 2.69. The molecule has 1 aromatic carbocycles. The van der Waals surface area contributed by atoms with Gasteiger partial charge in [-0.25, -0.2) is 0 Å². The smallest absolute Gasteiger partial charge is 0.294 e. The van der Waals surface area contributed by atoms with Gasteiger partial charge in [-0.1, -0.05) is 6.08 Å². The fraction of sp³-hybridized carbons (Fsp3) is 0.0625. The van der Waals surface area contributed by atoms with E-state index in [2.05, 4.69) is 17.2 Å². The zero-order chi connectivity index (χ0) is 19.0. The van der Waals surface area contributed by atoms with Crippen LogP contribution in [0.15, 0.2) is 41.7 Å². The number of carbonyl (C=O) groups excluding carboxylic acids is 2. The molecule has 10 nitrogen and oxygen atoms in total. The number of hydrogen-bond donors (Lipinski definition) is 3. The molecule has 4 N–H and O–H groups in total. The number of nitrogens with zero attached hydrogens (tertiary/aromatic N) is 2. The first-order chi connectivity index (χ1) is 12.3. The summed E-state index contributed by atoms with van der Waals surface area (Å²) in [7, 11) is 0. The highest BCUT2D eigenvalue weighted by atomic mass is 16.6. The maximum atomic E-state index is 12.4. The van der Waals surface area contributed by atoms with Crippen LogP contribution in [0.4, 0.5) is 17.2 Å². The lowest BCUT2D eigenvalue weighted by Gasteiger charge is -2.13. The summed E-state index contributed by atoms with van der Waals surface area (Å²) in [5, 5.41) is 16.2. The molecule has 3 rings (SSSR count). The molecule has 1 aromatic heterocycles. The zero-order valence-corrected chi connectivity index (χ0v) is 13.3. The fourth-order valence-corrected chi connectivity index (χ4v) is 2.69. The Kier molecular flexibility index (Phi) is 4.01. The second-order valence-corrected chi connectivity index (χ2v) is 5.40. The first kappa shape index (κ1) is 16.9. The van der Waals surface area contributed by atoms with Crippen LogP contribution in [0.25, 0.3) is 5.69 Å². The number of nitro benzene ring substituents is 1. The standard InChI is InChI=1S/C16H13N5O5/c1-2-5-18-10-4-3-8(6-11(10)21(25)26)20-12(22)7-9-13(14(20)17)16(24)19-15(9)23/h2-4,6-7,18H,1,5,17H2,(H,19,23,24). The van der Waals surface area contributed by atoms with Gasteiger partial charge in [-0.3, -0.25) is 34.4 Å². The number of amides is 2. The highest BCUT2D eigenvalue weighted by Gasteiger charge is 2.32. The molecule has 0 saturated carbocycles. The number of nitrogen functional groups attached to an aromatic ring is 1. The van der Waals surface area contributed by atoms with E-state index in [0.29, 0.717) is 6.54 Å². The topological polar surface area (TPSA) is 149 Å². The summed E-state index contributed by atoms with van der Waals surface area (Å²) in [6.45, 7) is 3.83. The maximum Gasteiger partial charge on any atom is 0.294 e. The van der Waals surface area contributed by atoms with E-state index in [9.17, 15) is 24.5 Å². The van der Waals surface area contributed by atoms with Crippen LogP contribution in [0.1, 0.15) is 20.7 Å². The Balaban J connectivity index is 2.20. The summed E-state index contributed by atoms with van der Waals surface area (Å²) >= 11 is 0. The van der Waals surface area contributed by atoms with Crippen molar-refractivity contribution in [1.82, 2.24) is 9.88 Å². The quantitative estimate of drug-likeness (QED) is 0.311. The summed E-state index contributed by atoms with van der Waals surface area (Å²) in [6, 6.07) is 4.99. The minimum absolute atomic E-state index is 0.0957. The molecule has 0 bridgehead atoms. The Morgan fingerprint density at radius 3 is 2.65 bits per heavy atom. The van der Waals surface area contributed by atoms with Gasteiger partial charge in [0.25, 0.3) is 23.1 Å². The number of imide groups is 1. The Hall–Kier alpha value is -3.95. The number of anilines is 2. The van der Waals surface area contributed by atoms with E-state index in [1.165, 1.54) is 18.2 Å². The summed E-state index contributed by atoms with van der Waals surface area (Å²) < 4.78 is 0.946. The zero-order valence-electron chi connectivity index (χ0n) is 13.3. The molecule has 0 radical (unpaired) electrons. The lowest BCUT2D eigenvalue weighted by Crippen LogP contribution is -2.24. The number of carbonyl (C=O) groups is 2. The van der Waals surface area contributed by atoms with Crippen molar-refractivity contribution in [2.75, 3.05) is 17.6 Å². The van der Waals surface area contributed by atoms with Gasteiger partial charge in [-0.15, -0.1) is 6.58 Å². The van der Waals surface area contributed by atoms with Crippen LogP contribution < -0.4 is 21.9 Å². The normalized spacial score (nSPS) is 12.5. The van der Waals surface area contributed by atoms with Gasteiger partial charge in [0.2, 0.25) is 0 Å². The van der Waals surface area contributed by atoms with E-state index < -0.39 is 22.3 Å². The molecule has 26 heavy (non-hydrogen) atoms. The Morgan fingerprint density at radius 1 is 1.27 bits per heavy atom. The van der Waals surface area contributed by atoms with Crippen molar-refractivity contribution >= 4 is 29.0 Å². The number of nitrogens with one attached hydrogen (secondary N) is 2. The van der Waals surface area contributed by atoms with Gasteiger partial charge in [0.05, 0.1) is 21.7 Å². The summed E-state index contributed by atoms with van der Waals surface area (Å²) in [5.74, 6) is -1.71. The van der Waals surface area contributed by atoms with Crippen molar-refractivity contribution in [3.63, 3.8) is 0 Å². The van der Waals surface area contributed by atoms with Gasteiger partial charge in [0.15, 0.2) is 0 Å². The van der Waals surface area contributed by atoms with Crippen LogP contribution >= 0.6 is 0 Å². The van der Waals surface area contributed by atoms with Gasteiger partial charge in [0, 0.05) is 18.7 Å². The number of nitrogens with two attached hydrogens (primary N) is 1. The minimum atomic E-state index is -0.727. The Morgan fingerprint density at radius 2 is 2.00 bits per heavy atom. The first-order valence-electron chi connectivity index (χ1n) is 7.40. The highest BCUT2D eigenvalue weighted by Crippen LogP contribution is 2.29. The average Bonchev–Trinajstić information content (AvgIpc) is 2.87. The van der Waals surface area contributed by atoms with E-state index >= 15 is 0 Å². The number of nitro groups is 1. The third kappa shape index (κ3) is 2.59. The van der Waals surface area contributed by atoms with Crippen molar-refractivity contribution in [2.45, 2.75) is 0 Å². The second kappa shape index (κ2) is 6.16.